The Morgan fingerprint density at radius 3 is 2.46 bits per heavy atom. The van der Waals surface area contributed by atoms with Crippen molar-refractivity contribution >= 4 is 40.6 Å². The van der Waals surface area contributed by atoms with Gasteiger partial charge in [-0.2, -0.15) is 0 Å². The van der Waals surface area contributed by atoms with Crippen molar-refractivity contribution in [1.82, 2.24) is 10.3 Å². The number of ether oxygens (including phenoxy) is 2. The molecular weight excluding hydrogens is 516 g/mol. The van der Waals surface area contributed by atoms with Gasteiger partial charge in [-0.15, -0.1) is 0 Å². The van der Waals surface area contributed by atoms with E-state index in [9.17, 15) is 9.59 Å². The van der Waals surface area contributed by atoms with Gasteiger partial charge in [-0.3, -0.25) is 9.78 Å². The van der Waals surface area contributed by atoms with Crippen molar-refractivity contribution in [2.24, 2.45) is 0 Å². The average Bonchev–Trinajstić information content (AvgIpc) is 3.58. The predicted octanol–water partition coefficient (Wildman–Crippen LogP) is 4.89. The van der Waals surface area contributed by atoms with Crippen LogP contribution in [-0.2, 0) is 14.3 Å². The molecule has 0 radical (unpaired) electrons. The first-order valence-corrected chi connectivity index (χ1v) is 12.6. The van der Waals surface area contributed by atoms with Crippen LogP contribution in [-0.4, -0.2) is 42.8 Å². The molecule has 2 aromatic carbocycles. The number of aromatic nitrogens is 1. The molecule has 9 nitrogen and oxygen atoms in total. The molecule has 5 rings (SSSR count). The first-order chi connectivity index (χ1) is 19.0. The van der Waals surface area contributed by atoms with Gasteiger partial charge in [0.1, 0.15) is 24.2 Å². The number of benzene rings is 2. The molecule has 0 spiro atoms. The summed E-state index contributed by atoms with van der Waals surface area (Å²) in [5, 5.41) is 6.72. The van der Waals surface area contributed by atoms with Crippen molar-refractivity contribution in [2.75, 3.05) is 31.0 Å². The van der Waals surface area contributed by atoms with Crippen molar-refractivity contribution in [3.05, 3.63) is 102 Å². The molecule has 0 saturated carbocycles. The standard InChI is InChI=1S/C29H26N4O5S/c1-36-17-25(34)31-20-10-12-21(13-11-20)33-27(26(32-29(33)39)22-5-3-4-16-30-22)24-15-14-23(38-24)18-6-8-19(9-7-18)28(35)37-2/h3-16,26-27H,17H2,1-2H3,(H,31,34)(H,32,39)/t26-,27-/m1/s1. The van der Waals surface area contributed by atoms with Crippen molar-refractivity contribution in [3.63, 3.8) is 0 Å². The highest BCUT2D eigenvalue weighted by atomic mass is 32.1. The average molecular weight is 543 g/mol. The minimum Gasteiger partial charge on any atom is -0.465 e. The summed E-state index contributed by atoms with van der Waals surface area (Å²) in [6.45, 7) is -0.0258. The Hall–Kier alpha value is -4.54. The summed E-state index contributed by atoms with van der Waals surface area (Å²) in [6.07, 6.45) is 1.74. The third kappa shape index (κ3) is 5.52. The van der Waals surface area contributed by atoms with Gasteiger partial charge < -0.3 is 29.4 Å². The molecule has 10 heteroatoms. The minimum absolute atomic E-state index is 0.0258. The maximum atomic E-state index is 11.9. The number of hydrogen-bond donors (Lipinski definition) is 2. The van der Waals surface area contributed by atoms with Gasteiger partial charge in [-0.25, -0.2) is 4.79 Å². The van der Waals surface area contributed by atoms with E-state index in [0.717, 1.165) is 16.9 Å². The normalized spacial score (nSPS) is 16.6. The van der Waals surface area contributed by atoms with Gasteiger partial charge in [0.15, 0.2) is 5.11 Å². The van der Waals surface area contributed by atoms with Gasteiger partial charge in [0.05, 0.1) is 24.4 Å². The van der Waals surface area contributed by atoms with Crippen LogP contribution < -0.4 is 15.5 Å². The fourth-order valence-corrected chi connectivity index (χ4v) is 4.86. The second-order valence-electron chi connectivity index (χ2n) is 8.80. The Morgan fingerprint density at radius 2 is 1.79 bits per heavy atom. The molecule has 2 atom stereocenters. The second kappa shape index (κ2) is 11.5. The highest BCUT2D eigenvalue weighted by molar-refractivity contribution is 7.80. The molecule has 1 aliphatic rings. The number of carbonyl (C=O) groups is 2. The van der Waals surface area contributed by atoms with E-state index in [1.165, 1.54) is 14.2 Å². The maximum Gasteiger partial charge on any atom is 0.337 e. The largest absolute Gasteiger partial charge is 0.465 e. The quantitative estimate of drug-likeness (QED) is 0.238. The van der Waals surface area contributed by atoms with Crippen LogP contribution in [0.15, 0.2) is 89.5 Å². The van der Waals surface area contributed by atoms with E-state index in [1.807, 2.05) is 71.6 Å². The molecular formula is C29H26N4O5S. The molecule has 0 bridgehead atoms. The molecule has 1 amide bonds. The summed E-state index contributed by atoms with van der Waals surface area (Å²) in [6, 6.07) is 23.4. The Kier molecular flexibility index (Phi) is 7.67. The molecule has 1 fully saturated rings. The fourth-order valence-electron chi connectivity index (χ4n) is 4.51. The predicted molar refractivity (Wildman–Crippen MR) is 150 cm³/mol. The Balaban J connectivity index is 1.48. The molecule has 3 heterocycles. The molecule has 198 valence electrons. The minimum atomic E-state index is -0.398. The smallest absolute Gasteiger partial charge is 0.337 e. The Morgan fingerprint density at radius 1 is 1.03 bits per heavy atom. The van der Waals surface area contributed by atoms with Crippen LogP contribution in [0.2, 0.25) is 0 Å². The number of thiocarbonyl (C=S) groups is 1. The summed E-state index contributed by atoms with van der Waals surface area (Å²) < 4.78 is 16.1. The summed E-state index contributed by atoms with van der Waals surface area (Å²) in [5.41, 5.74) is 3.56. The van der Waals surface area contributed by atoms with Crippen molar-refractivity contribution in [2.45, 2.75) is 12.1 Å². The van der Waals surface area contributed by atoms with Gasteiger partial charge in [0, 0.05) is 30.2 Å². The lowest BCUT2D eigenvalue weighted by Gasteiger charge is -2.26. The van der Waals surface area contributed by atoms with Crippen molar-refractivity contribution in [3.8, 4) is 11.3 Å². The van der Waals surface area contributed by atoms with Crippen molar-refractivity contribution in [1.29, 1.82) is 0 Å². The van der Waals surface area contributed by atoms with Crippen LogP contribution in [0.4, 0.5) is 11.4 Å². The number of nitrogens with zero attached hydrogens (tertiary/aromatic N) is 2. The molecule has 0 aliphatic carbocycles. The lowest BCUT2D eigenvalue weighted by Crippen LogP contribution is -2.29. The zero-order valence-electron chi connectivity index (χ0n) is 21.3. The van der Waals surface area contributed by atoms with E-state index in [0.29, 0.717) is 27.9 Å². The van der Waals surface area contributed by atoms with E-state index in [-0.39, 0.29) is 24.6 Å². The number of anilines is 2. The van der Waals surface area contributed by atoms with E-state index >= 15 is 0 Å². The first kappa shape index (κ1) is 26.1. The van der Waals surface area contributed by atoms with Crippen LogP contribution in [0, 0.1) is 0 Å². The summed E-state index contributed by atoms with van der Waals surface area (Å²) in [5.74, 6) is 0.697. The summed E-state index contributed by atoms with van der Waals surface area (Å²) in [4.78, 5) is 30.3. The Bertz CT molecular complexity index is 1470. The van der Waals surface area contributed by atoms with E-state index in [4.69, 9.17) is 26.1 Å². The summed E-state index contributed by atoms with van der Waals surface area (Å²) in [7, 11) is 2.82. The van der Waals surface area contributed by atoms with Crippen LogP contribution in [0.1, 0.15) is 33.9 Å². The van der Waals surface area contributed by atoms with Gasteiger partial charge in [0.2, 0.25) is 5.91 Å². The third-order valence-electron chi connectivity index (χ3n) is 6.31. The Labute approximate surface area is 230 Å². The number of amides is 1. The van der Waals surface area contributed by atoms with Gasteiger partial charge >= 0.3 is 5.97 Å². The number of pyridine rings is 1. The number of hydrogen-bond acceptors (Lipinski definition) is 7. The number of nitrogens with one attached hydrogen (secondary N) is 2. The fraction of sp³-hybridized carbons (Fsp3) is 0.172. The van der Waals surface area contributed by atoms with E-state index in [2.05, 4.69) is 15.6 Å². The zero-order valence-corrected chi connectivity index (χ0v) is 22.1. The van der Waals surface area contributed by atoms with Gasteiger partial charge in [-0.05, 0) is 72.9 Å². The SMILES string of the molecule is COCC(=O)Nc1ccc(N2C(=S)N[C@H](c3ccccn3)[C@H]2c2ccc(-c3ccc(C(=O)OC)cc3)o2)cc1. The molecule has 0 unspecified atom stereocenters. The second-order valence-corrected chi connectivity index (χ2v) is 9.18. The number of methoxy groups -OCH3 is 2. The lowest BCUT2D eigenvalue weighted by molar-refractivity contribution is -0.119. The number of rotatable bonds is 8. The third-order valence-corrected chi connectivity index (χ3v) is 6.63. The van der Waals surface area contributed by atoms with Crippen LogP contribution in [0.25, 0.3) is 11.3 Å². The van der Waals surface area contributed by atoms with Crippen LogP contribution in [0.3, 0.4) is 0 Å². The van der Waals surface area contributed by atoms with Crippen LogP contribution >= 0.6 is 12.2 Å². The molecule has 1 saturated heterocycles. The summed E-state index contributed by atoms with van der Waals surface area (Å²) >= 11 is 5.78. The number of esters is 1. The molecule has 2 N–H and O–H groups in total. The van der Waals surface area contributed by atoms with Crippen LogP contribution in [0.5, 0.6) is 0 Å². The molecule has 1 aliphatic heterocycles. The molecule has 4 aromatic rings. The highest BCUT2D eigenvalue weighted by Gasteiger charge is 2.42. The van der Waals surface area contributed by atoms with Gasteiger partial charge in [0.25, 0.3) is 0 Å². The zero-order chi connectivity index (χ0) is 27.4. The first-order valence-electron chi connectivity index (χ1n) is 12.2. The maximum absolute atomic E-state index is 11.9. The van der Waals surface area contributed by atoms with E-state index < -0.39 is 5.97 Å². The van der Waals surface area contributed by atoms with Gasteiger partial charge in [-0.1, -0.05) is 18.2 Å². The molecule has 39 heavy (non-hydrogen) atoms. The lowest BCUT2D eigenvalue weighted by atomic mass is 10.0. The topological polar surface area (TPSA) is 106 Å². The van der Waals surface area contributed by atoms with E-state index in [1.54, 1.807) is 18.3 Å². The number of furan rings is 1. The van der Waals surface area contributed by atoms with Crippen molar-refractivity contribution < 1.29 is 23.5 Å². The monoisotopic (exact) mass is 542 g/mol. The highest BCUT2D eigenvalue weighted by Crippen LogP contribution is 2.43. The molecule has 2 aromatic heterocycles. The number of carbonyl (C=O) groups excluding carboxylic acids is 2.